The Morgan fingerprint density at radius 2 is 1.53 bits per heavy atom. The zero-order valence-corrected chi connectivity index (χ0v) is 19.3. The van der Waals surface area contributed by atoms with Crippen LogP contribution in [0.1, 0.15) is 42.0 Å². The fourth-order valence-electron chi connectivity index (χ4n) is 5.09. The molecule has 2 heterocycles. The zero-order valence-electron chi connectivity index (χ0n) is 19.3. The van der Waals surface area contributed by atoms with E-state index in [0.29, 0.717) is 24.4 Å². The van der Waals surface area contributed by atoms with E-state index in [2.05, 4.69) is 35.2 Å². The number of benzene rings is 3. The summed E-state index contributed by atoms with van der Waals surface area (Å²) in [6.07, 6.45) is 3.76. The highest BCUT2D eigenvalue weighted by Crippen LogP contribution is 2.34. The maximum atomic E-state index is 14.7. The lowest BCUT2D eigenvalue weighted by Gasteiger charge is -2.33. The van der Waals surface area contributed by atoms with Gasteiger partial charge >= 0.3 is 0 Å². The van der Waals surface area contributed by atoms with Crippen molar-refractivity contribution < 1.29 is 9.18 Å². The van der Waals surface area contributed by atoms with Gasteiger partial charge in [-0.2, -0.15) is 5.10 Å². The second kappa shape index (κ2) is 10.3. The van der Waals surface area contributed by atoms with Crippen molar-refractivity contribution in [3.8, 4) is 0 Å². The van der Waals surface area contributed by atoms with Crippen molar-refractivity contribution >= 4 is 11.6 Å². The normalized spacial score (nSPS) is 19.3. The Kier molecular flexibility index (Phi) is 6.82. The summed E-state index contributed by atoms with van der Waals surface area (Å²) >= 11 is 0. The molecule has 0 bridgehead atoms. The molecule has 34 heavy (non-hydrogen) atoms. The van der Waals surface area contributed by atoms with Crippen molar-refractivity contribution in [2.75, 3.05) is 19.6 Å². The third-order valence-corrected chi connectivity index (χ3v) is 6.97. The summed E-state index contributed by atoms with van der Waals surface area (Å²) in [6.45, 7) is 2.11. The number of likely N-dealkylation sites (tertiary alicyclic amines) is 1. The molecular weight excluding hydrogens is 425 g/mol. The van der Waals surface area contributed by atoms with Crippen molar-refractivity contribution in [3.05, 3.63) is 107 Å². The minimum atomic E-state index is -0.417. The number of nitrogens with zero attached hydrogens (tertiary/aromatic N) is 3. The Balaban J connectivity index is 1.27. The number of carbonyl (C=O) groups is 1. The van der Waals surface area contributed by atoms with Crippen LogP contribution in [-0.2, 0) is 11.2 Å². The van der Waals surface area contributed by atoms with Gasteiger partial charge in [-0.3, -0.25) is 9.69 Å². The molecule has 1 atom stereocenters. The number of halogens is 1. The van der Waals surface area contributed by atoms with Gasteiger partial charge in [0.2, 0.25) is 0 Å². The topological polar surface area (TPSA) is 35.9 Å². The standard InChI is InChI=1S/C29H30FN3O/c30-26-14-8-7-13-25(26)28-20-27(24-11-5-2-6-12-24)31-33(28)29(34)21-32-17-15-23(16-18-32)19-22-9-3-1-4-10-22/h1-14,23,28H,15-21H2/t28-/m1/s1. The van der Waals surface area contributed by atoms with E-state index >= 15 is 0 Å². The second-order valence-corrected chi connectivity index (χ2v) is 9.30. The molecule has 5 heteroatoms. The van der Waals surface area contributed by atoms with E-state index in [1.54, 1.807) is 12.1 Å². The Morgan fingerprint density at radius 1 is 0.882 bits per heavy atom. The lowest BCUT2D eigenvalue weighted by Crippen LogP contribution is -2.42. The number of carbonyl (C=O) groups excluding carboxylic acids is 1. The highest BCUT2D eigenvalue weighted by molar-refractivity contribution is 6.03. The summed E-state index contributed by atoms with van der Waals surface area (Å²) in [5.41, 5.74) is 3.70. The molecular formula is C29H30FN3O. The van der Waals surface area contributed by atoms with Gasteiger partial charge in [0.1, 0.15) is 5.82 Å². The van der Waals surface area contributed by atoms with Crippen molar-refractivity contribution in [2.45, 2.75) is 31.7 Å². The third kappa shape index (κ3) is 5.10. The molecule has 174 valence electrons. The first-order valence-electron chi connectivity index (χ1n) is 12.1. The van der Waals surface area contributed by atoms with E-state index in [0.717, 1.165) is 43.6 Å². The molecule has 0 radical (unpaired) electrons. The monoisotopic (exact) mass is 455 g/mol. The minimum absolute atomic E-state index is 0.0688. The molecule has 2 aliphatic heterocycles. The molecule has 1 saturated heterocycles. The van der Waals surface area contributed by atoms with Crippen molar-refractivity contribution in [1.29, 1.82) is 0 Å². The van der Waals surface area contributed by atoms with E-state index in [-0.39, 0.29) is 11.7 Å². The van der Waals surface area contributed by atoms with Crippen LogP contribution in [-0.4, -0.2) is 41.2 Å². The van der Waals surface area contributed by atoms with Crippen molar-refractivity contribution in [1.82, 2.24) is 9.91 Å². The van der Waals surface area contributed by atoms with E-state index in [1.807, 2.05) is 36.4 Å². The van der Waals surface area contributed by atoms with Gasteiger partial charge in [-0.25, -0.2) is 9.40 Å². The predicted molar refractivity (Wildman–Crippen MR) is 133 cm³/mol. The molecule has 0 unspecified atom stereocenters. The lowest BCUT2D eigenvalue weighted by atomic mass is 9.90. The summed E-state index contributed by atoms with van der Waals surface area (Å²) in [4.78, 5) is 15.6. The van der Waals surface area contributed by atoms with Gasteiger partial charge in [-0.05, 0) is 55.5 Å². The molecule has 0 saturated carbocycles. The number of hydrogen-bond donors (Lipinski definition) is 0. The van der Waals surface area contributed by atoms with Gasteiger partial charge in [0, 0.05) is 12.0 Å². The minimum Gasteiger partial charge on any atom is -0.294 e. The zero-order chi connectivity index (χ0) is 23.3. The summed E-state index contributed by atoms with van der Waals surface area (Å²) in [6, 6.07) is 26.8. The molecule has 0 N–H and O–H groups in total. The van der Waals surface area contributed by atoms with Crippen LogP contribution in [0.15, 0.2) is 90.0 Å². The number of hydrogen-bond acceptors (Lipinski definition) is 3. The third-order valence-electron chi connectivity index (χ3n) is 6.97. The summed E-state index contributed by atoms with van der Waals surface area (Å²) < 4.78 is 14.7. The first-order valence-corrected chi connectivity index (χ1v) is 12.1. The second-order valence-electron chi connectivity index (χ2n) is 9.30. The van der Waals surface area contributed by atoms with E-state index in [4.69, 9.17) is 5.10 Å². The van der Waals surface area contributed by atoms with Crippen LogP contribution >= 0.6 is 0 Å². The van der Waals surface area contributed by atoms with E-state index in [1.165, 1.54) is 16.6 Å². The smallest absolute Gasteiger partial charge is 0.257 e. The van der Waals surface area contributed by atoms with Crippen LogP contribution in [0.2, 0.25) is 0 Å². The van der Waals surface area contributed by atoms with Gasteiger partial charge in [-0.15, -0.1) is 0 Å². The highest BCUT2D eigenvalue weighted by Gasteiger charge is 2.35. The number of hydrazone groups is 1. The van der Waals surface area contributed by atoms with Crippen molar-refractivity contribution in [2.24, 2.45) is 11.0 Å². The molecule has 2 aliphatic rings. The fourth-order valence-corrected chi connectivity index (χ4v) is 5.09. The first kappa shape index (κ1) is 22.5. The fraction of sp³-hybridized carbons (Fsp3) is 0.310. The van der Waals surface area contributed by atoms with Crippen molar-refractivity contribution in [3.63, 3.8) is 0 Å². The van der Waals surface area contributed by atoms with Crippen LogP contribution in [0.4, 0.5) is 4.39 Å². The van der Waals surface area contributed by atoms with E-state index in [9.17, 15) is 9.18 Å². The maximum Gasteiger partial charge on any atom is 0.257 e. The molecule has 0 aromatic heterocycles. The number of piperidine rings is 1. The lowest BCUT2D eigenvalue weighted by molar-refractivity contribution is -0.134. The Morgan fingerprint density at radius 3 is 2.24 bits per heavy atom. The molecule has 0 spiro atoms. The average Bonchev–Trinajstić information content (AvgIpc) is 3.32. The molecule has 3 aromatic rings. The summed E-state index contributed by atoms with van der Waals surface area (Å²) in [5.74, 6) is 0.284. The van der Waals surface area contributed by atoms with Crippen LogP contribution in [0.3, 0.4) is 0 Å². The molecule has 3 aromatic carbocycles. The Labute approximate surface area is 200 Å². The predicted octanol–water partition coefficient (Wildman–Crippen LogP) is 5.46. The van der Waals surface area contributed by atoms with Crippen LogP contribution in [0.25, 0.3) is 0 Å². The van der Waals surface area contributed by atoms with Crippen LogP contribution < -0.4 is 0 Å². The highest BCUT2D eigenvalue weighted by atomic mass is 19.1. The SMILES string of the molecule is O=C(CN1CCC(Cc2ccccc2)CC1)N1N=C(c2ccccc2)C[C@@H]1c1ccccc1F. The van der Waals surface area contributed by atoms with Gasteiger partial charge < -0.3 is 0 Å². The summed E-state index contributed by atoms with van der Waals surface area (Å²) in [7, 11) is 0. The Hall–Kier alpha value is -3.31. The molecule has 4 nitrogen and oxygen atoms in total. The first-order chi connectivity index (χ1) is 16.7. The van der Waals surface area contributed by atoms with Crippen LogP contribution in [0.5, 0.6) is 0 Å². The Bertz CT molecular complexity index is 1140. The molecule has 0 aliphatic carbocycles. The number of rotatable bonds is 6. The summed E-state index contributed by atoms with van der Waals surface area (Å²) in [5, 5.41) is 6.23. The number of amides is 1. The maximum absolute atomic E-state index is 14.7. The van der Waals surface area contributed by atoms with Gasteiger partial charge in [0.25, 0.3) is 5.91 Å². The van der Waals surface area contributed by atoms with Crippen LogP contribution in [0, 0.1) is 11.7 Å². The van der Waals surface area contributed by atoms with E-state index < -0.39 is 6.04 Å². The van der Waals surface area contributed by atoms with Gasteiger partial charge in [0.15, 0.2) is 0 Å². The average molecular weight is 456 g/mol. The quantitative estimate of drug-likeness (QED) is 0.495. The molecule has 1 fully saturated rings. The molecule has 1 amide bonds. The molecule has 5 rings (SSSR count). The van der Waals surface area contributed by atoms with Gasteiger partial charge in [0.05, 0.1) is 18.3 Å². The largest absolute Gasteiger partial charge is 0.294 e. The van der Waals surface area contributed by atoms with Gasteiger partial charge in [-0.1, -0.05) is 78.9 Å².